The lowest BCUT2D eigenvalue weighted by molar-refractivity contribution is 0.599. The van der Waals surface area contributed by atoms with E-state index in [4.69, 9.17) is 5.73 Å². The third-order valence-corrected chi connectivity index (χ3v) is 2.64. The minimum Gasteiger partial charge on any atom is -0.320 e. The van der Waals surface area contributed by atoms with Gasteiger partial charge in [0.15, 0.2) is 0 Å². The molecule has 0 saturated carbocycles. The molecule has 16 heavy (non-hydrogen) atoms. The van der Waals surface area contributed by atoms with Gasteiger partial charge in [0.25, 0.3) is 0 Å². The van der Waals surface area contributed by atoms with E-state index in [1.165, 1.54) is 6.07 Å². The van der Waals surface area contributed by atoms with E-state index in [0.717, 1.165) is 11.1 Å². The van der Waals surface area contributed by atoms with Gasteiger partial charge in [-0.25, -0.2) is 4.39 Å². The normalized spacial score (nSPS) is 12.4. The molecule has 0 aromatic heterocycles. The molecule has 0 radical (unpaired) electrons. The fourth-order valence-corrected chi connectivity index (χ4v) is 1.77. The highest BCUT2D eigenvalue weighted by Gasteiger charge is 2.12. The molecule has 2 heteroatoms. The van der Waals surface area contributed by atoms with Crippen molar-refractivity contribution in [1.82, 2.24) is 0 Å². The Morgan fingerprint density at radius 1 is 1.06 bits per heavy atom. The van der Waals surface area contributed by atoms with Gasteiger partial charge < -0.3 is 5.73 Å². The molecule has 0 amide bonds. The van der Waals surface area contributed by atoms with E-state index in [1.807, 2.05) is 31.2 Å². The Balaban J connectivity index is 2.39. The molecule has 1 unspecified atom stereocenters. The van der Waals surface area contributed by atoms with E-state index in [0.29, 0.717) is 5.56 Å². The summed E-state index contributed by atoms with van der Waals surface area (Å²) < 4.78 is 13.5. The van der Waals surface area contributed by atoms with Crippen LogP contribution in [-0.2, 0) is 0 Å². The van der Waals surface area contributed by atoms with Crippen LogP contribution in [0.25, 0.3) is 0 Å². The lowest BCUT2D eigenvalue weighted by atomic mass is 9.98. The maximum absolute atomic E-state index is 13.5. The van der Waals surface area contributed by atoms with Gasteiger partial charge in [0.2, 0.25) is 0 Å². The first-order valence-corrected chi connectivity index (χ1v) is 5.25. The molecule has 82 valence electrons. The SMILES string of the molecule is Cc1cccc(C(N)c2ccccc2F)c1. The van der Waals surface area contributed by atoms with Crippen molar-refractivity contribution in [2.45, 2.75) is 13.0 Å². The van der Waals surface area contributed by atoms with Gasteiger partial charge in [-0.2, -0.15) is 0 Å². The van der Waals surface area contributed by atoms with Gasteiger partial charge in [-0.05, 0) is 18.6 Å². The highest BCUT2D eigenvalue weighted by molar-refractivity contribution is 5.34. The number of hydrogen-bond donors (Lipinski definition) is 1. The summed E-state index contributed by atoms with van der Waals surface area (Å²) in [5.74, 6) is -0.253. The van der Waals surface area contributed by atoms with Crippen molar-refractivity contribution >= 4 is 0 Å². The van der Waals surface area contributed by atoms with Crippen molar-refractivity contribution in [3.8, 4) is 0 Å². The summed E-state index contributed by atoms with van der Waals surface area (Å²) in [6, 6.07) is 14.1. The third-order valence-electron chi connectivity index (χ3n) is 2.64. The van der Waals surface area contributed by atoms with Crippen molar-refractivity contribution in [3.05, 3.63) is 71.0 Å². The van der Waals surface area contributed by atoms with Crippen molar-refractivity contribution in [2.75, 3.05) is 0 Å². The van der Waals surface area contributed by atoms with Crippen molar-refractivity contribution in [2.24, 2.45) is 5.73 Å². The zero-order chi connectivity index (χ0) is 11.5. The maximum Gasteiger partial charge on any atom is 0.128 e. The van der Waals surface area contributed by atoms with Crippen LogP contribution >= 0.6 is 0 Å². The lowest BCUT2D eigenvalue weighted by Gasteiger charge is -2.13. The Morgan fingerprint density at radius 2 is 1.81 bits per heavy atom. The first-order chi connectivity index (χ1) is 7.68. The summed E-state index contributed by atoms with van der Waals surface area (Å²) in [6.07, 6.45) is 0. The summed E-state index contributed by atoms with van der Waals surface area (Å²) in [6.45, 7) is 2.00. The van der Waals surface area contributed by atoms with Crippen LogP contribution in [0.4, 0.5) is 4.39 Å². The molecule has 0 aliphatic carbocycles. The molecule has 0 aliphatic rings. The van der Waals surface area contributed by atoms with Gasteiger partial charge in [0.05, 0.1) is 6.04 Å². The average molecular weight is 215 g/mol. The summed E-state index contributed by atoms with van der Waals surface area (Å²) >= 11 is 0. The zero-order valence-electron chi connectivity index (χ0n) is 9.15. The molecular formula is C14H14FN. The van der Waals surface area contributed by atoms with E-state index in [9.17, 15) is 4.39 Å². The minimum absolute atomic E-state index is 0.253. The molecule has 2 aromatic rings. The van der Waals surface area contributed by atoms with Crippen molar-refractivity contribution in [1.29, 1.82) is 0 Å². The van der Waals surface area contributed by atoms with Crippen LogP contribution in [0.2, 0.25) is 0 Å². The number of benzene rings is 2. The van der Waals surface area contributed by atoms with Crippen LogP contribution in [0.1, 0.15) is 22.7 Å². The Bertz CT molecular complexity index is 494. The molecule has 0 bridgehead atoms. The predicted octanol–water partition coefficient (Wildman–Crippen LogP) is 3.18. The summed E-state index contributed by atoms with van der Waals surface area (Å²) in [4.78, 5) is 0. The monoisotopic (exact) mass is 215 g/mol. The number of aryl methyl sites for hydroxylation is 1. The second-order valence-corrected chi connectivity index (χ2v) is 3.91. The van der Waals surface area contributed by atoms with Crippen molar-refractivity contribution in [3.63, 3.8) is 0 Å². The number of halogens is 1. The van der Waals surface area contributed by atoms with Crippen LogP contribution < -0.4 is 5.73 Å². The Hall–Kier alpha value is -1.67. The van der Waals surface area contributed by atoms with Crippen LogP contribution in [0.3, 0.4) is 0 Å². The zero-order valence-corrected chi connectivity index (χ0v) is 9.15. The molecule has 1 atom stereocenters. The summed E-state index contributed by atoms with van der Waals surface area (Å²) in [7, 11) is 0. The van der Waals surface area contributed by atoms with Gasteiger partial charge in [-0.3, -0.25) is 0 Å². The first-order valence-electron chi connectivity index (χ1n) is 5.25. The first kappa shape index (κ1) is 10.8. The van der Waals surface area contributed by atoms with E-state index >= 15 is 0 Å². The highest BCUT2D eigenvalue weighted by Crippen LogP contribution is 2.22. The van der Waals surface area contributed by atoms with Gasteiger partial charge in [-0.15, -0.1) is 0 Å². The smallest absolute Gasteiger partial charge is 0.128 e. The van der Waals surface area contributed by atoms with E-state index in [2.05, 4.69) is 0 Å². The van der Waals surface area contributed by atoms with Crippen LogP contribution in [0.5, 0.6) is 0 Å². The predicted molar refractivity (Wildman–Crippen MR) is 63.6 cm³/mol. The standard InChI is InChI=1S/C14H14FN/c1-10-5-4-6-11(9-10)14(16)12-7-2-3-8-13(12)15/h2-9,14H,16H2,1H3. The van der Waals surface area contributed by atoms with Gasteiger partial charge in [-0.1, -0.05) is 48.0 Å². The third kappa shape index (κ3) is 2.12. The largest absolute Gasteiger partial charge is 0.320 e. The molecule has 0 heterocycles. The summed E-state index contributed by atoms with van der Waals surface area (Å²) in [5.41, 5.74) is 8.65. The molecule has 2 N–H and O–H groups in total. The van der Waals surface area contributed by atoms with Gasteiger partial charge in [0.1, 0.15) is 5.82 Å². The second-order valence-electron chi connectivity index (χ2n) is 3.91. The number of nitrogens with two attached hydrogens (primary N) is 1. The summed E-state index contributed by atoms with van der Waals surface area (Å²) in [5, 5.41) is 0. The molecular weight excluding hydrogens is 201 g/mol. The van der Waals surface area contributed by atoms with E-state index < -0.39 is 6.04 Å². The molecule has 1 nitrogen and oxygen atoms in total. The molecule has 0 fully saturated rings. The molecule has 2 aromatic carbocycles. The van der Waals surface area contributed by atoms with Crippen LogP contribution in [-0.4, -0.2) is 0 Å². The fraction of sp³-hybridized carbons (Fsp3) is 0.143. The molecule has 0 aliphatic heterocycles. The quantitative estimate of drug-likeness (QED) is 0.818. The van der Waals surface area contributed by atoms with Gasteiger partial charge >= 0.3 is 0 Å². The number of rotatable bonds is 2. The average Bonchev–Trinajstić information content (AvgIpc) is 2.29. The van der Waals surface area contributed by atoms with Crippen molar-refractivity contribution < 1.29 is 4.39 Å². The minimum atomic E-state index is -0.402. The van der Waals surface area contributed by atoms with Crippen LogP contribution in [0.15, 0.2) is 48.5 Å². The topological polar surface area (TPSA) is 26.0 Å². The maximum atomic E-state index is 13.5. The Morgan fingerprint density at radius 3 is 2.50 bits per heavy atom. The molecule has 0 spiro atoms. The Kier molecular flexibility index (Phi) is 3.02. The second kappa shape index (κ2) is 4.45. The van der Waals surface area contributed by atoms with E-state index in [-0.39, 0.29) is 5.82 Å². The molecule has 0 saturated heterocycles. The fourth-order valence-electron chi connectivity index (χ4n) is 1.77. The van der Waals surface area contributed by atoms with Crippen LogP contribution in [0, 0.1) is 12.7 Å². The van der Waals surface area contributed by atoms with Gasteiger partial charge in [0, 0.05) is 5.56 Å². The number of hydrogen-bond acceptors (Lipinski definition) is 1. The van der Waals surface area contributed by atoms with E-state index in [1.54, 1.807) is 18.2 Å². The Labute approximate surface area is 94.7 Å². The highest BCUT2D eigenvalue weighted by atomic mass is 19.1. The lowest BCUT2D eigenvalue weighted by Crippen LogP contribution is -2.13. The molecule has 2 rings (SSSR count).